The normalized spacial score (nSPS) is 22.0. The van der Waals surface area contributed by atoms with Crippen LogP contribution in [-0.2, 0) is 4.79 Å². The molecule has 2 rings (SSSR count). The minimum Gasteiger partial charge on any atom is -0.354 e. The van der Waals surface area contributed by atoms with E-state index in [-0.39, 0.29) is 12.5 Å². The van der Waals surface area contributed by atoms with E-state index in [0.717, 1.165) is 24.8 Å². The second-order valence-corrected chi connectivity index (χ2v) is 6.96. The predicted molar refractivity (Wildman–Crippen MR) is 94.7 cm³/mol. The molecule has 6 nitrogen and oxygen atoms in total. The molecule has 0 aromatic rings. The highest BCUT2D eigenvalue weighted by Gasteiger charge is 2.26. The molecule has 1 saturated carbocycles. The number of carbonyl (C=O) groups excluding carboxylic acids is 1. The zero-order valence-corrected chi connectivity index (χ0v) is 15.0. The van der Waals surface area contributed by atoms with E-state index in [4.69, 9.17) is 0 Å². The minimum absolute atomic E-state index is 0.0556. The first-order valence-electron chi connectivity index (χ1n) is 9.01. The van der Waals surface area contributed by atoms with Crippen LogP contribution in [0, 0.1) is 0 Å². The Morgan fingerprint density at radius 2 is 1.78 bits per heavy atom. The summed E-state index contributed by atoms with van der Waals surface area (Å²) >= 11 is 0. The Kier molecular flexibility index (Phi) is 7.15. The van der Waals surface area contributed by atoms with E-state index in [0.29, 0.717) is 6.04 Å². The number of nitrogens with zero attached hydrogens (tertiary/aromatic N) is 3. The number of piperidine rings is 1. The van der Waals surface area contributed by atoms with Crippen LogP contribution in [0.4, 0.5) is 0 Å². The lowest BCUT2D eigenvalue weighted by molar-refractivity contribution is -0.127. The number of nitrogens with one attached hydrogen (secondary N) is 2. The Hall–Kier alpha value is -1.30. The number of amides is 1. The molecule has 0 aromatic carbocycles. The highest BCUT2D eigenvalue weighted by Crippen LogP contribution is 2.25. The predicted octanol–water partition coefficient (Wildman–Crippen LogP) is 1.04. The number of hydrogen-bond acceptors (Lipinski definition) is 3. The number of likely N-dealkylation sites (tertiary alicyclic amines) is 1. The van der Waals surface area contributed by atoms with Crippen molar-refractivity contribution in [2.75, 3.05) is 40.8 Å². The summed E-state index contributed by atoms with van der Waals surface area (Å²) in [7, 11) is 5.29. The molecule has 0 spiro atoms. The molecule has 0 bridgehead atoms. The van der Waals surface area contributed by atoms with Gasteiger partial charge in [0.15, 0.2) is 5.96 Å². The van der Waals surface area contributed by atoms with E-state index < -0.39 is 0 Å². The summed E-state index contributed by atoms with van der Waals surface area (Å²) in [5.74, 6) is 0.788. The van der Waals surface area contributed by atoms with Gasteiger partial charge in [0, 0.05) is 46.3 Å². The van der Waals surface area contributed by atoms with Crippen LogP contribution in [0.3, 0.4) is 0 Å². The van der Waals surface area contributed by atoms with E-state index in [1.807, 2.05) is 0 Å². The van der Waals surface area contributed by atoms with Crippen LogP contribution in [0.1, 0.15) is 44.9 Å². The largest absolute Gasteiger partial charge is 0.354 e. The molecule has 132 valence electrons. The highest BCUT2D eigenvalue weighted by atomic mass is 16.2. The van der Waals surface area contributed by atoms with Crippen LogP contribution < -0.4 is 10.6 Å². The lowest BCUT2D eigenvalue weighted by atomic mass is 9.92. The van der Waals surface area contributed by atoms with Crippen LogP contribution in [0.15, 0.2) is 4.99 Å². The van der Waals surface area contributed by atoms with Crippen molar-refractivity contribution in [1.82, 2.24) is 20.4 Å². The molecule has 2 aliphatic rings. The van der Waals surface area contributed by atoms with Gasteiger partial charge in [0.05, 0.1) is 6.54 Å². The summed E-state index contributed by atoms with van der Waals surface area (Å²) < 4.78 is 0. The summed E-state index contributed by atoms with van der Waals surface area (Å²) in [6.45, 7) is 2.64. The Morgan fingerprint density at radius 1 is 1.13 bits per heavy atom. The molecule has 0 aromatic heterocycles. The summed E-state index contributed by atoms with van der Waals surface area (Å²) in [6, 6.07) is 1.27. The highest BCUT2D eigenvalue weighted by molar-refractivity contribution is 5.86. The molecule has 1 amide bonds. The van der Waals surface area contributed by atoms with Crippen molar-refractivity contribution in [3.8, 4) is 0 Å². The molecule has 1 aliphatic carbocycles. The fourth-order valence-electron chi connectivity index (χ4n) is 3.56. The van der Waals surface area contributed by atoms with Gasteiger partial charge in [-0.15, -0.1) is 0 Å². The van der Waals surface area contributed by atoms with Gasteiger partial charge in [-0.1, -0.05) is 19.3 Å². The molecule has 0 unspecified atom stereocenters. The smallest absolute Gasteiger partial charge is 0.241 e. The molecule has 1 heterocycles. The SMILES string of the molecule is CN=C(NCC(=O)N(C)C)NC1CCN(C2CCCCC2)CC1. The zero-order chi connectivity index (χ0) is 16.7. The first-order chi connectivity index (χ1) is 11.1. The Labute approximate surface area is 140 Å². The van der Waals surface area contributed by atoms with E-state index in [1.54, 1.807) is 26.0 Å². The van der Waals surface area contributed by atoms with Gasteiger partial charge in [-0.05, 0) is 25.7 Å². The van der Waals surface area contributed by atoms with Crippen molar-refractivity contribution < 1.29 is 4.79 Å². The molecular weight excluding hydrogens is 290 g/mol. The third-order valence-corrected chi connectivity index (χ3v) is 5.09. The summed E-state index contributed by atoms with van der Waals surface area (Å²) in [6.07, 6.45) is 9.29. The summed E-state index contributed by atoms with van der Waals surface area (Å²) in [4.78, 5) is 20.1. The van der Waals surface area contributed by atoms with Gasteiger partial charge in [0.25, 0.3) is 0 Å². The van der Waals surface area contributed by atoms with E-state index >= 15 is 0 Å². The van der Waals surface area contributed by atoms with Gasteiger partial charge in [-0.25, -0.2) is 0 Å². The standard InChI is InChI=1S/C17H33N5O/c1-18-17(19-13-16(23)21(2)3)20-14-9-11-22(12-10-14)15-7-5-4-6-8-15/h14-15H,4-13H2,1-3H3,(H2,18,19,20). The third-order valence-electron chi connectivity index (χ3n) is 5.09. The van der Waals surface area contributed by atoms with Gasteiger partial charge in [-0.2, -0.15) is 0 Å². The van der Waals surface area contributed by atoms with Crippen molar-refractivity contribution in [2.45, 2.75) is 57.0 Å². The zero-order valence-electron chi connectivity index (χ0n) is 15.0. The maximum Gasteiger partial charge on any atom is 0.241 e. The summed E-state index contributed by atoms with van der Waals surface area (Å²) in [5.41, 5.74) is 0. The lowest BCUT2D eigenvalue weighted by Gasteiger charge is -2.39. The van der Waals surface area contributed by atoms with Gasteiger partial charge >= 0.3 is 0 Å². The number of carbonyl (C=O) groups is 1. The average Bonchev–Trinajstić information content (AvgIpc) is 2.59. The fourth-order valence-corrected chi connectivity index (χ4v) is 3.56. The Bertz CT molecular complexity index is 396. The molecular formula is C17H33N5O. The van der Waals surface area contributed by atoms with Crippen LogP contribution in [0.25, 0.3) is 0 Å². The van der Waals surface area contributed by atoms with Gasteiger partial charge in [-0.3, -0.25) is 9.79 Å². The molecule has 0 atom stereocenters. The van der Waals surface area contributed by atoms with Crippen molar-refractivity contribution in [3.63, 3.8) is 0 Å². The number of likely N-dealkylation sites (N-methyl/N-ethyl adjacent to an activating group) is 1. The van der Waals surface area contributed by atoms with Gasteiger partial charge < -0.3 is 20.4 Å². The summed E-state index contributed by atoms with van der Waals surface area (Å²) in [5, 5.41) is 6.57. The number of guanidine groups is 1. The van der Waals surface area contributed by atoms with E-state index in [9.17, 15) is 4.79 Å². The van der Waals surface area contributed by atoms with Crippen molar-refractivity contribution >= 4 is 11.9 Å². The second-order valence-electron chi connectivity index (χ2n) is 6.96. The molecule has 1 aliphatic heterocycles. The van der Waals surface area contributed by atoms with Gasteiger partial charge in [0.1, 0.15) is 0 Å². The molecule has 2 N–H and O–H groups in total. The molecule has 0 radical (unpaired) electrons. The van der Waals surface area contributed by atoms with E-state index in [1.165, 1.54) is 45.2 Å². The maximum absolute atomic E-state index is 11.6. The molecule has 2 fully saturated rings. The number of rotatable bonds is 4. The van der Waals surface area contributed by atoms with Crippen molar-refractivity contribution in [3.05, 3.63) is 0 Å². The molecule has 23 heavy (non-hydrogen) atoms. The van der Waals surface area contributed by atoms with Crippen molar-refractivity contribution in [2.24, 2.45) is 4.99 Å². The van der Waals surface area contributed by atoms with E-state index in [2.05, 4.69) is 20.5 Å². The molecule has 1 saturated heterocycles. The van der Waals surface area contributed by atoms with Crippen LogP contribution in [0.5, 0.6) is 0 Å². The van der Waals surface area contributed by atoms with Crippen LogP contribution >= 0.6 is 0 Å². The Balaban J connectivity index is 1.70. The number of hydrogen-bond donors (Lipinski definition) is 2. The monoisotopic (exact) mass is 323 g/mol. The lowest BCUT2D eigenvalue weighted by Crippen LogP contribution is -2.51. The molecule has 6 heteroatoms. The fraction of sp³-hybridized carbons (Fsp3) is 0.882. The van der Waals surface area contributed by atoms with Crippen LogP contribution in [0.2, 0.25) is 0 Å². The van der Waals surface area contributed by atoms with Crippen LogP contribution in [-0.4, -0.2) is 74.5 Å². The van der Waals surface area contributed by atoms with Crippen molar-refractivity contribution in [1.29, 1.82) is 0 Å². The average molecular weight is 323 g/mol. The van der Waals surface area contributed by atoms with Gasteiger partial charge in [0.2, 0.25) is 5.91 Å². The third kappa shape index (κ3) is 5.68. The topological polar surface area (TPSA) is 60.0 Å². The Morgan fingerprint density at radius 3 is 2.35 bits per heavy atom. The minimum atomic E-state index is 0.0556. The second kappa shape index (κ2) is 9.11. The first kappa shape index (κ1) is 18.0. The quantitative estimate of drug-likeness (QED) is 0.599. The number of aliphatic imine (C=N–C) groups is 1. The first-order valence-corrected chi connectivity index (χ1v) is 9.01. The maximum atomic E-state index is 11.6.